The molecule has 0 radical (unpaired) electrons. The Bertz CT molecular complexity index is 326. The topological polar surface area (TPSA) is 33.1 Å². The highest BCUT2D eigenvalue weighted by molar-refractivity contribution is 5.31. The van der Waals surface area contributed by atoms with Crippen LogP contribution in [0.15, 0.2) is 12.3 Å². The highest BCUT2D eigenvalue weighted by atomic mass is 15.3. The first kappa shape index (κ1) is 12.4. The minimum absolute atomic E-state index is 0.440. The number of hydrogen-bond acceptors (Lipinski definition) is 3. The summed E-state index contributed by atoms with van der Waals surface area (Å²) in [6.07, 6.45) is 6.00. The molecule has 96 valence electrons. The smallest absolute Gasteiger partial charge is 0.147 e. The van der Waals surface area contributed by atoms with E-state index in [1.807, 2.05) is 10.9 Å². The fourth-order valence-corrected chi connectivity index (χ4v) is 2.25. The summed E-state index contributed by atoms with van der Waals surface area (Å²) in [4.78, 5) is 2.55. The highest BCUT2D eigenvalue weighted by Crippen LogP contribution is 2.09. The summed E-state index contributed by atoms with van der Waals surface area (Å²) in [6, 6.07) is 2.49. The lowest BCUT2D eigenvalue weighted by Gasteiger charge is -2.14. The van der Waals surface area contributed by atoms with Crippen molar-refractivity contribution >= 4 is 5.82 Å². The molecule has 0 spiro atoms. The quantitative estimate of drug-likeness (QED) is 0.770. The first-order valence-electron chi connectivity index (χ1n) is 6.77. The predicted octanol–water partition coefficient (Wildman–Crippen LogP) is 2.36. The van der Waals surface area contributed by atoms with E-state index in [-0.39, 0.29) is 0 Å². The van der Waals surface area contributed by atoms with Crippen molar-refractivity contribution in [1.29, 1.82) is 0 Å². The minimum Gasteiger partial charge on any atom is -0.369 e. The Balaban J connectivity index is 1.63. The zero-order chi connectivity index (χ0) is 12.1. The van der Waals surface area contributed by atoms with Crippen LogP contribution in [-0.4, -0.2) is 40.9 Å². The van der Waals surface area contributed by atoms with Gasteiger partial charge in [-0.3, -0.25) is 4.68 Å². The standard InChI is InChI=1S/C13H24N4/c1-12(2)17-11-6-13(15-17)14-7-5-10-16-8-3-4-9-16/h6,11-12H,3-5,7-10H2,1-2H3,(H,14,15). The van der Waals surface area contributed by atoms with E-state index in [1.165, 1.54) is 38.9 Å². The van der Waals surface area contributed by atoms with Crippen LogP contribution in [0.2, 0.25) is 0 Å². The molecule has 0 bridgehead atoms. The maximum atomic E-state index is 4.47. The summed E-state index contributed by atoms with van der Waals surface area (Å²) < 4.78 is 1.99. The van der Waals surface area contributed by atoms with Gasteiger partial charge in [0, 0.05) is 24.8 Å². The molecule has 0 saturated carbocycles. The zero-order valence-electron chi connectivity index (χ0n) is 11.0. The van der Waals surface area contributed by atoms with Gasteiger partial charge in [0.15, 0.2) is 0 Å². The third-order valence-corrected chi connectivity index (χ3v) is 3.29. The average Bonchev–Trinajstić information content (AvgIpc) is 2.96. The van der Waals surface area contributed by atoms with E-state index in [9.17, 15) is 0 Å². The maximum absolute atomic E-state index is 4.47. The molecule has 0 amide bonds. The molecule has 1 aromatic heterocycles. The van der Waals surface area contributed by atoms with Gasteiger partial charge in [0.25, 0.3) is 0 Å². The number of rotatable bonds is 6. The molecular formula is C13H24N4. The van der Waals surface area contributed by atoms with Gasteiger partial charge < -0.3 is 10.2 Å². The first-order valence-corrected chi connectivity index (χ1v) is 6.77. The van der Waals surface area contributed by atoms with Gasteiger partial charge in [-0.15, -0.1) is 0 Å². The van der Waals surface area contributed by atoms with Gasteiger partial charge in [-0.25, -0.2) is 0 Å². The number of nitrogens with one attached hydrogen (secondary N) is 1. The van der Waals surface area contributed by atoms with E-state index < -0.39 is 0 Å². The molecule has 1 aromatic rings. The minimum atomic E-state index is 0.440. The molecule has 1 aliphatic rings. The maximum Gasteiger partial charge on any atom is 0.147 e. The highest BCUT2D eigenvalue weighted by Gasteiger charge is 2.10. The van der Waals surface area contributed by atoms with Gasteiger partial charge in [0.1, 0.15) is 5.82 Å². The van der Waals surface area contributed by atoms with Crippen LogP contribution in [0.1, 0.15) is 39.2 Å². The van der Waals surface area contributed by atoms with Gasteiger partial charge in [0.05, 0.1) is 0 Å². The van der Waals surface area contributed by atoms with E-state index >= 15 is 0 Å². The Hall–Kier alpha value is -1.03. The van der Waals surface area contributed by atoms with Gasteiger partial charge in [-0.1, -0.05) is 0 Å². The van der Waals surface area contributed by atoms with E-state index in [0.717, 1.165) is 12.4 Å². The van der Waals surface area contributed by atoms with Crippen molar-refractivity contribution in [2.24, 2.45) is 0 Å². The molecule has 1 N–H and O–H groups in total. The van der Waals surface area contributed by atoms with Gasteiger partial charge in [0.2, 0.25) is 0 Å². The number of likely N-dealkylation sites (tertiary alicyclic amines) is 1. The van der Waals surface area contributed by atoms with Crippen molar-refractivity contribution in [3.63, 3.8) is 0 Å². The number of nitrogens with zero attached hydrogens (tertiary/aromatic N) is 3. The summed E-state index contributed by atoms with van der Waals surface area (Å²) in [5.74, 6) is 1.00. The summed E-state index contributed by atoms with van der Waals surface area (Å²) in [5.41, 5.74) is 0. The normalized spacial score (nSPS) is 16.9. The van der Waals surface area contributed by atoms with E-state index in [1.54, 1.807) is 0 Å². The van der Waals surface area contributed by atoms with Crippen LogP contribution in [0.3, 0.4) is 0 Å². The lowest BCUT2D eigenvalue weighted by molar-refractivity contribution is 0.337. The third-order valence-electron chi connectivity index (χ3n) is 3.29. The molecule has 4 heteroatoms. The zero-order valence-corrected chi connectivity index (χ0v) is 11.0. The molecule has 0 aromatic carbocycles. The second-order valence-corrected chi connectivity index (χ2v) is 5.10. The van der Waals surface area contributed by atoms with Crippen molar-refractivity contribution in [3.05, 3.63) is 12.3 Å². The van der Waals surface area contributed by atoms with E-state index in [4.69, 9.17) is 0 Å². The second-order valence-electron chi connectivity index (χ2n) is 5.10. The fourth-order valence-electron chi connectivity index (χ4n) is 2.25. The Morgan fingerprint density at radius 2 is 2.12 bits per heavy atom. The lowest BCUT2D eigenvalue weighted by atomic mass is 10.4. The number of anilines is 1. The fraction of sp³-hybridized carbons (Fsp3) is 0.769. The molecule has 2 rings (SSSR count). The van der Waals surface area contributed by atoms with Crippen molar-refractivity contribution in [2.75, 3.05) is 31.5 Å². The second kappa shape index (κ2) is 6.05. The van der Waals surface area contributed by atoms with Crippen LogP contribution < -0.4 is 5.32 Å². The Labute approximate surface area is 104 Å². The van der Waals surface area contributed by atoms with Gasteiger partial charge >= 0.3 is 0 Å². The molecule has 0 aliphatic carbocycles. The molecule has 1 saturated heterocycles. The van der Waals surface area contributed by atoms with Crippen LogP contribution in [0.4, 0.5) is 5.82 Å². The van der Waals surface area contributed by atoms with E-state index in [2.05, 4.69) is 35.2 Å². The summed E-state index contributed by atoms with van der Waals surface area (Å²) in [6.45, 7) is 9.11. The molecule has 4 nitrogen and oxygen atoms in total. The van der Waals surface area contributed by atoms with Gasteiger partial charge in [-0.2, -0.15) is 5.10 Å². The van der Waals surface area contributed by atoms with Crippen molar-refractivity contribution in [1.82, 2.24) is 14.7 Å². The molecule has 17 heavy (non-hydrogen) atoms. The number of aromatic nitrogens is 2. The van der Waals surface area contributed by atoms with Crippen LogP contribution in [-0.2, 0) is 0 Å². The number of hydrogen-bond donors (Lipinski definition) is 1. The molecule has 0 unspecified atom stereocenters. The molecule has 1 fully saturated rings. The lowest BCUT2D eigenvalue weighted by Crippen LogP contribution is -2.22. The Morgan fingerprint density at radius 1 is 1.35 bits per heavy atom. The third kappa shape index (κ3) is 3.73. The largest absolute Gasteiger partial charge is 0.369 e. The molecule has 2 heterocycles. The summed E-state index contributed by atoms with van der Waals surface area (Å²) in [5, 5.41) is 7.86. The molecule has 1 aliphatic heterocycles. The molecule has 0 atom stereocenters. The van der Waals surface area contributed by atoms with Crippen LogP contribution in [0.5, 0.6) is 0 Å². The summed E-state index contributed by atoms with van der Waals surface area (Å²) in [7, 11) is 0. The van der Waals surface area contributed by atoms with Crippen molar-refractivity contribution in [3.8, 4) is 0 Å². The Kier molecular flexibility index (Phi) is 4.42. The van der Waals surface area contributed by atoms with Crippen molar-refractivity contribution in [2.45, 2.75) is 39.2 Å². The first-order chi connectivity index (χ1) is 8.25. The van der Waals surface area contributed by atoms with Crippen molar-refractivity contribution < 1.29 is 0 Å². The Morgan fingerprint density at radius 3 is 2.76 bits per heavy atom. The SMILES string of the molecule is CC(C)n1ccc(NCCCN2CCCC2)n1. The monoisotopic (exact) mass is 236 g/mol. The molecular weight excluding hydrogens is 212 g/mol. The van der Waals surface area contributed by atoms with E-state index in [0.29, 0.717) is 6.04 Å². The van der Waals surface area contributed by atoms with Gasteiger partial charge in [-0.05, 0) is 52.7 Å². The van der Waals surface area contributed by atoms with Crippen LogP contribution >= 0.6 is 0 Å². The summed E-state index contributed by atoms with van der Waals surface area (Å²) >= 11 is 0. The van der Waals surface area contributed by atoms with Crippen LogP contribution in [0.25, 0.3) is 0 Å². The van der Waals surface area contributed by atoms with Crippen LogP contribution in [0, 0.1) is 0 Å². The predicted molar refractivity (Wildman–Crippen MR) is 71.4 cm³/mol. The average molecular weight is 236 g/mol.